The van der Waals surface area contributed by atoms with Crippen LogP contribution in [0.3, 0.4) is 0 Å². The summed E-state index contributed by atoms with van der Waals surface area (Å²) in [6.07, 6.45) is 8.13. The van der Waals surface area contributed by atoms with Crippen LogP contribution in [0.15, 0.2) is 22.7 Å². The first-order valence-corrected chi connectivity index (χ1v) is 9.45. The molecule has 0 radical (unpaired) electrons. The van der Waals surface area contributed by atoms with Crippen molar-refractivity contribution in [3.05, 3.63) is 33.8 Å². The zero-order valence-electron chi connectivity index (χ0n) is 13.8. The molecule has 1 N–H and O–H groups in total. The number of aryl methyl sites for hydroxylation is 1. The molecule has 3 unspecified atom stereocenters. The number of halogens is 1. The Kier molecular flexibility index (Phi) is 6.75. The van der Waals surface area contributed by atoms with Gasteiger partial charge in [-0.25, -0.2) is 0 Å². The highest BCUT2D eigenvalue weighted by Gasteiger charge is 2.29. The van der Waals surface area contributed by atoms with Crippen molar-refractivity contribution in [2.75, 3.05) is 6.54 Å². The lowest BCUT2D eigenvalue weighted by Gasteiger charge is -2.36. The summed E-state index contributed by atoms with van der Waals surface area (Å²) < 4.78 is 1.30. The van der Waals surface area contributed by atoms with Crippen molar-refractivity contribution in [2.45, 2.75) is 65.3 Å². The van der Waals surface area contributed by atoms with E-state index in [9.17, 15) is 0 Å². The van der Waals surface area contributed by atoms with Crippen LogP contribution >= 0.6 is 15.9 Å². The third-order valence-corrected chi connectivity index (χ3v) is 6.13. The summed E-state index contributed by atoms with van der Waals surface area (Å²) in [5.41, 5.74) is 2.81. The molecule has 0 saturated heterocycles. The van der Waals surface area contributed by atoms with E-state index in [1.165, 1.54) is 54.1 Å². The quantitative estimate of drug-likeness (QED) is 0.661. The molecule has 1 aromatic rings. The molecule has 0 amide bonds. The van der Waals surface area contributed by atoms with Crippen LogP contribution in [0, 0.1) is 18.8 Å². The second kappa shape index (κ2) is 8.33. The molecule has 118 valence electrons. The summed E-state index contributed by atoms with van der Waals surface area (Å²) in [5, 5.41) is 3.84. The molecule has 21 heavy (non-hydrogen) atoms. The molecule has 0 heterocycles. The van der Waals surface area contributed by atoms with Crippen LogP contribution in [0.1, 0.15) is 69.5 Å². The smallest absolute Gasteiger partial charge is 0.0360 e. The Labute approximate surface area is 139 Å². The minimum absolute atomic E-state index is 0.508. The van der Waals surface area contributed by atoms with E-state index >= 15 is 0 Å². The largest absolute Gasteiger partial charge is 0.310 e. The van der Waals surface area contributed by atoms with Gasteiger partial charge in [-0.2, -0.15) is 0 Å². The standard InChI is InChI=1S/C19H30BrN/c1-4-12-21-19(16-10-7-9-15(5-2)13-16)17-11-6-8-14(3)18(17)20/h6,8,11,15-16,19,21H,4-5,7,9-10,12-13H2,1-3H3. The minimum atomic E-state index is 0.508. The molecule has 3 atom stereocenters. The Morgan fingerprint density at radius 1 is 1.29 bits per heavy atom. The maximum absolute atomic E-state index is 3.84. The first-order valence-electron chi connectivity index (χ1n) is 8.65. The van der Waals surface area contributed by atoms with Crippen molar-refractivity contribution >= 4 is 15.9 Å². The minimum Gasteiger partial charge on any atom is -0.310 e. The summed E-state index contributed by atoms with van der Waals surface area (Å²) in [4.78, 5) is 0. The third kappa shape index (κ3) is 4.32. The molecule has 1 nitrogen and oxygen atoms in total. The van der Waals surface area contributed by atoms with Crippen molar-refractivity contribution in [1.29, 1.82) is 0 Å². The maximum Gasteiger partial charge on any atom is 0.0360 e. The maximum atomic E-state index is 3.84. The number of benzene rings is 1. The number of rotatable bonds is 6. The molecule has 0 bridgehead atoms. The normalized spacial score (nSPS) is 24.0. The Bertz CT molecular complexity index is 443. The van der Waals surface area contributed by atoms with E-state index < -0.39 is 0 Å². The van der Waals surface area contributed by atoms with Gasteiger partial charge in [-0.15, -0.1) is 0 Å². The van der Waals surface area contributed by atoms with Crippen LogP contribution in [0.25, 0.3) is 0 Å². The van der Waals surface area contributed by atoms with Gasteiger partial charge >= 0.3 is 0 Å². The van der Waals surface area contributed by atoms with E-state index in [4.69, 9.17) is 0 Å². The zero-order valence-corrected chi connectivity index (χ0v) is 15.4. The lowest BCUT2D eigenvalue weighted by atomic mass is 9.75. The van der Waals surface area contributed by atoms with Gasteiger partial charge in [-0.1, -0.05) is 67.2 Å². The molecule has 1 aliphatic rings. The molecule has 2 rings (SSSR count). The monoisotopic (exact) mass is 351 g/mol. The van der Waals surface area contributed by atoms with Gasteiger partial charge in [-0.05, 0) is 55.7 Å². The zero-order chi connectivity index (χ0) is 15.2. The molecule has 1 saturated carbocycles. The molecule has 1 fully saturated rings. The highest BCUT2D eigenvalue weighted by atomic mass is 79.9. The Balaban J connectivity index is 2.23. The predicted molar refractivity (Wildman–Crippen MR) is 95.7 cm³/mol. The van der Waals surface area contributed by atoms with E-state index in [2.05, 4.69) is 60.2 Å². The molecule has 0 aromatic heterocycles. The van der Waals surface area contributed by atoms with Gasteiger partial charge in [0.25, 0.3) is 0 Å². The second-order valence-electron chi connectivity index (χ2n) is 6.61. The van der Waals surface area contributed by atoms with Crippen LogP contribution in [0.2, 0.25) is 0 Å². The summed E-state index contributed by atoms with van der Waals surface area (Å²) >= 11 is 3.83. The van der Waals surface area contributed by atoms with E-state index in [1.807, 2.05) is 0 Å². The summed E-state index contributed by atoms with van der Waals surface area (Å²) in [6.45, 7) is 7.91. The Morgan fingerprint density at radius 3 is 2.81 bits per heavy atom. The van der Waals surface area contributed by atoms with Gasteiger partial charge in [0.15, 0.2) is 0 Å². The van der Waals surface area contributed by atoms with Crippen LogP contribution in [0.5, 0.6) is 0 Å². The van der Waals surface area contributed by atoms with Gasteiger partial charge < -0.3 is 5.32 Å². The number of nitrogens with one attached hydrogen (secondary N) is 1. The molecular formula is C19H30BrN. The lowest BCUT2D eigenvalue weighted by Crippen LogP contribution is -2.32. The fraction of sp³-hybridized carbons (Fsp3) is 0.684. The van der Waals surface area contributed by atoms with Crippen molar-refractivity contribution in [3.8, 4) is 0 Å². The molecule has 2 heteroatoms. The summed E-state index contributed by atoms with van der Waals surface area (Å²) in [6, 6.07) is 7.21. The number of hydrogen-bond acceptors (Lipinski definition) is 1. The third-order valence-electron chi connectivity index (χ3n) is 5.04. The van der Waals surface area contributed by atoms with E-state index in [1.54, 1.807) is 0 Å². The average Bonchev–Trinajstić information content (AvgIpc) is 2.52. The molecular weight excluding hydrogens is 322 g/mol. The van der Waals surface area contributed by atoms with Gasteiger partial charge in [0.05, 0.1) is 0 Å². The average molecular weight is 352 g/mol. The topological polar surface area (TPSA) is 12.0 Å². The van der Waals surface area contributed by atoms with Crippen LogP contribution in [-0.2, 0) is 0 Å². The predicted octanol–water partition coefficient (Wildman–Crippen LogP) is 6.01. The van der Waals surface area contributed by atoms with Crippen LogP contribution < -0.4 is 5.32 Å². The van der Waals surface area contributed by atoms with Crippen molar-refractivity contribution < 1.29 is 0 Å². The van der Waals surface area contributed by atoms with Crippen LogP contribution in [0.4, 0.5) is 0 Å². The van der Waals surface area contributed by atoms with Crippen molar-refractivity contribution in [2.24, 2.45) is 11.8 Å². The lowest BCUT2D eigenvalue weighted by molar-refractivity contribution is 0.209. The van der Waals surface area contributed by atoms with Crippen molar-refractivity contribution in [1.82, 2.24) is 5.32 Å². The number of hydrogen-bond donors (Lipinski definition) is 1. The highest BCUT2D eigenvalue weighted by Crippen LogP contribution is 2.40. The Morgan fingerprint density at radius 2 is 2.10 bits per heavy atom. The second-order valence-corrected chi connectivity index (χ2v) is 7.40. The summed E-state index contributed by atoms with van der Waals surface area (Å²) in [7, 11) is 0. The SMILES string of the molecule is CCCNC(c1cccc(C)c1Br)C1CCCC(CC)C1. The van der Waals surface area contributed by atoms with Crippen LogP contribution in [-0.4, -0.2) is 6.54 Å². The van der Waals surface area contributed by atoms with E-state index in [0.717, 1.165) is 18.4 Å². The van der Waals surface area contributed by atoms with E-state index in [-0.39, 0.29) is 0 Å². The first-order chi connectivity index (χ1) is 10.2. The van der Waals surface area contributed by atoms with E-state index in [0.29, 0.717) is 6.04 Å². The first kappa shape index (κ1) is 17.0. The highest BCUT2D eigenvalue weighted by molar-refractivity contribution is 9.10. The fourth-order valence-electron chi connectivity index (χ4n) is 3.75. The van der Waals surface area contributed by atoms with Gasteiger partial charge in [0.2, 0.25) is 0 Å². The fourth-order valence-corrected chi connectivity index (χ4v) is 4.26. The van der Waals surface area contributed by atoms with Gasteiger partial charge in [0, 0.05) is 10.5 Å². The Hall–Kier alpha value is -0.340. The summed E-state index contributed by atoms with van der Waals surface area (Å²) in [5.74, 6) is 1.71. The van der Waals surface area contributed by atoms with Gasteiger partial charge in [-0.3, -0.25) is 0 Å². The van der Waals surface area contributed by atoms with Crippen molar-refractivity contribution in [3.63, 3.8) is 0 Å². The van der Waals surface area contributed by atoms with Gasteiger partial charge in [0.1, 0.15) is 0 Å². The molecule has 0 spiro atoms. The molecule has 0 aliphatic heterocycles. The molecule has 1 aromatic carbocycles. The molecule has 1 aliphatic carbocycles.